The lowest BCUT2D eigenvalue weighted by Gasteiger charge is -2.11. The molecule has 1 rings (SSSR count). The van der Waals surface area contributed by atoms with Crippen molar-refractivity contribution in [3.8, 4) is 0 Å². The Labute approximate surface area is 128 Å². The van der Waals surface area contributed by atoms with E-state index in [4.69, 9.17) is 10.7 Å². The summed E-state index contributed by atoms with van der Waals surface area (Å²) in [7, 11) is -4.02. The normalized spacial score (nSPS) is 13.5. The van der Waals surface area contributed by atoms with Crippen LogP contribution in [0.2, 0.25) is 0 Å². The molecule has 0 aliphatic rings. The highest BCUT2D eigenvalue weighted by molar-refractivity contribution is 8.14. The van der Waals surface area contributed by atoms with Crippen molar-refractivity contribution in [2.45, 2.75) is 9.92 Å². The molecule has 0 radical (unpaired) electrons. The topological polar surface area (TPSA) is 119 Å². The van der Waals surface area contributed by atoms with Gasteiger partial charge in [0.2, 0.25) is 19.1 Å². The molecule has 0 bridgehead atoms. The van der Waals surface area contributed by atoms with Crippen LogP contribution in [0, 0.1) is 0 Å². The van der Waals surface area contributed by atoms with Gasteiger partial charge in [-0.25, -0.2) is 34.5 Å². The van der Waals surface area contributed by atoms with E-state index in [0.717, 1.165) is 22.6 Å². The number of rotatable bonds is 6. The van der Waals surface area contributed by atoms with Gasteiger partial charge in [-0.05, 0) is 12.1 Å². The lowest BCUT2D eigenvalue weighted by molar-refractivity contribution is 0.520. The van der Waals surface area contributed by atoms with Gasteiger partial charge in [-0.3, -0.25) is 0 Å². The van der Waals surface area contributed by atoms with Crippen molar-refractivity contribution in [3.05, 3.63) is 18.3 Å². The Hall–Kier alpha value is -0.750. The summed E-state index contributed by atoms with van der Waals surface area (Å²) < 4.78 is 69.7. The van der Waals surface area contributed by atoms with Crippen LogP contribution in [-0.4, -0.2) is 60.1 Å². The highest BCUT2D eigenvalue weighted by atomic mass is 35.7. The second-order valence-electron chi connectivity index (χ2n) is 4.18. The minimum Gasteiger partial charge on any atom is -0.243 e. The molecule has 0 atom stereocenters. The van der Waals surface area contributed by atoms with Gasteiger partial charge in [0, 0.05) is 31.0 Å². The molecule has 0 aliphatic carbocycles. The number of halogens is 1. The summed E-state index contributed by atoms with van der Waals surface area (Å²) in [5.74, 6) is -1.48. The van der Waals surface area contributed by atoms with Crippen LogP contribution in [0.25, 0.3) is 0 Å². The molecule has 0 unspecified atom stereocenters. The van der Waals surface area contributed by atoms with Gasteiger partial charge in [0.15, 0.2) is 14.9 Å². The van der Waals surface area contributed by atoms with Gasteiger partial charge in [0.05, 0.1) is 11.5 Å². The van der Waals surface area contributed by atoms with E-state index in [1.807, 2.05) is 0 Å². The van der Waals surface area contributed by atoms with Crippen LogP contribution in [0.4, 0.5) is 0 Å². The van der Waals surface area contributed by atoms with E-state index in [9.17, 15) is 25.3 Å². The summed E-state index contributed by atoms with van der Waals surface area (Å²) in [5, 5.41) is -0.416. The van der Waals surface area contributed by atoms with Crippen LogP contribution in [0.1, 0.15) is 0 Å². The maximum atomic E-state index is 11.8. The predicted octanol–water partition coefficient (Wildman–Crippen LogP) is -0.326. The highest BCUT2D eigenvalue weighted by Gasteiger charge is 2.22. The lowest BCUT2D eigenvalue weighted by atomic mass is 10.5. The number of hydrogen-bond acceptors (Lipinski definition) is 7. The van der Waals surface area contributed by atoms with E-state index < -0.39 is 45.4 Å². The van der Waals surface area contributed by atoms with Crippen LogP contribution in [0.15, 0.2) is 28.3 Å². The Kier molecular flexibility index (Phi) is 5.37. The molecule has 0 saturated carbocycles. The minimum atomic E-state index is -3.96. The predicted molar refractivity (Wildman–Crippen MR) is 76.8 cm³/mol. The zero-order valence-corrected chi connectivity index (χ0v) is 14.3. The first-order valence-corrected chi connectivity index (χ1v) is 11.0. The Morgan fingerprint density at radius 1 is 1.05 bits per heavy atom. The average Bonchev–Trinajstić information content (AvgIpc) is 2.36. The zero-order chi connectivity index (χ0) is 16.5. The van der Waals surface area contributed by atoms with Gasteiger partial charge >= 0.3 is 0 Å². The monoisotopic (exact) mass is 376 g/mol. The lowest BCUT2D eigenvalue weighted by Crippen LogP contribution is -2.22. The molecule has 0 spiro atoms. The summed E-state index contributed by atoms with van der Waals surface area (Å²) in [5.41, 5.74) is 0. The van der Waals surface area contributed by atoms with Crippen molar-refractivity contribution in [2.24, 2.45) is 0 Å². The Morgan fingerprint density at radius 2 is 1.62 bits per heavy atom. The molecular weight excluding hydrogens is 364 g/mol. The highest BCUT2D eigenvalue weighted by Crippen LogP contribution is 2.15. The maximum absolute atomic E-state index is 11.8. The molecule has 0 saturated heterocycles. The molecule has 0 amide bonds. The van der Waals surface area contributed by atoms with Crippen molar-refractivity contribution in [2.75, 3.05) is 25.6 Å². The molecule has 12 heteroatoms. The fourth-order valence-electron chi connectivity index (χ4n) is 1.23. The van der Waals surface area contributed by atoms with Crippen molar-refractivity contribution in [1.82, 2.24) is 9.29 Å². The molecule has 21 heavy (non-hydrogen) atoms. The van der Waals surface area contributed by atoms with Crippen LogP contribution in [0.5, 0.6) is 0 Å². The standard InChI is InChI=1S/C9H13ClN2O6S3/c1-12(2)21(17,18)8-3-4-9(11-7-8)19(13,14)5-6-20(10,15)16/h3-4,7H,5-6H2,1-2H3. The number of sulfone groups is 1. The van der Waals surface area contributed by atoms with Crippen molar-refractivity contribution >= 4 is 39.6 Å². The molecule has 0 fully saturated rings. The van der Waals surface area contributed by atoms with Gasteiger partial charge in [0.25, 0.3) is 0 Å². The third-order valence-electron chi connectivity index (χ3n) is 2.40. The van der Waals surface area contributed by atoms with Crippen molar-refractivity contribution < 1.29 is 25.3 Å². The second kappa shape index (κ2) is 6.16. The smallest absolute Gasteiger partial charge is 0.243 e. The summed E-state index contributed by atoms with van der Waals surface area (Å²) in [4.78, 5) is 3.40. The maximum Gasteiger partial charge on any atom is 0.244 e. The Balaban J connectivity index is 3.08. The minimum absolute atomic E-state index is 0.170. The second-order valence-corrected chi connectivity index (χ2v) is 11.3. The number of nitrogens with zero attached hydrogens (tertiary/aromatic N) is 2. The van der Waals surface area contributed by atoms with Gasteiger partial charge in [-0.15, -0.1) is 0 Å². The first-order valence-electron chi connectivity index (χ1n) is 5.40. The van der Waals surface area contributed by atoms with Crippen LogP contribution >= 0.6 is 10.7 Å². The van der Waals surface area contributed by atoms with Crippen LogP contribution in [0.3, 0.4) is 0 Å². The van der Waals surface area contributed by atoms with Gasteiger partial charge in [-0.2, -0.15) is 0 Å². The van der Waals surface area contributed by atoms with Crippen molar-refractivity contribution in [1.29, 1.82) is 0 Å². The Bertz CT molecular complexity index is 813. The summed E-state index contributed by atoms with van der Waals surface area (Å²) in [6.45, 7) is 0. The quantitative estimate of drug-likeness (QED) is 0.624. The zero-order valence-electron chi connectivity index (χ0n) is 11.1. The fourth-order valence-corrected chi connectivity index (χ4v) is 5.01. The molecule has 0 aliphatic heterocycles. The third-order valence-corrected chi connectivity index (χ3v) is 7.23. The molecule has 1 aromatic rings. The molecule has 120 valence electrons. The van der Waals surface area contributed by atoms with E-state index >= 15 is 0 Å². The molecule has 1 heterocycles. The summed E-state index contributed by atoms with van der Waals surface area (Å²) in [6.07, 6.45) is 0.900. The third kappa shape index (κ3) is 4.88. The number of hydrogen-bond donors (Lipinski definition) is 0. The summed E-state index contributed by atoms with van der Waals surface area (Å²) in [6, 6.07) is 2.09. The van der Waals surface area contributed by atoms with Gasteiger partial charge < -0.3 is 0 Å². The van der Waals surface area contributed by atoms with E-state index in [0.29, 0.717) is 0 Å². The molecule has 0 N–H and O–H groups in total. The average molecular weight is 377 g/mol. The van der Waals surface area contributed by atoms with Crippen molar-refractivity contribution in [3.63, 3.8) is 0 Å². The first-order chi connectivity index (χ1) is 9.36. The number of pyridine rings is 1. The van der Waals surface area contributed by atoms with E-state index in [1.165, 1.54) is 14.1 Å². The van der Waals surface area contributed by atoms with Crippen LogP contribution < -0.4 is 0 Å². The fraction of sp³-hybridized carbons (Fsp3) is 0.444. The molecular formula is C9H13ClN2O6S3. The van der Waals surface area contributed by atoms with Crippen LogP contribution in [-0.2, 0) is 28.9 Å². The number of sulfonamides is 1. The largest absolute Gasteiger partial charge is 0.244 e. The molecule has 1 aromatic heterocycles. The van der Waals surface area contributed by atoms with Gasteiger partial charge in [0.1, 0.15) is 4.90 Å². The molecule has 0 aromatic carbocycles. The molecule has 8 nitrogen and oxygen atoms in total. The SMILES string of the molecule is CN(C)S(=O)(=O)c1ccc(S(=O)(=O)CCS(=O)(=O)Cl)nc1. The van der Waals surface area contributed by atoms with E-state index in [1.54, 1.807) is 0 Å². The van der Waals surface area contributed by atoms with E-state index in [-0.39, 0.29) is 4.90 Å². The Morgan fingerprint density at radius 3 is 2.00 bits per heavy atom. The number of aromatic nitrogens is 1. The summed E-state index contributed by atoms with van der Waals surface area (Å²) >= 11 is 0. The van der Waals surface area contributed by atoms with E-state index in [2.05, 4.69) is 4.98 Å². The van der Waals surface area contributed by atoms with Gasteiger partial charge in [-0.1, -0.05) is 0 Å². The first kappa shape index (κ1) is 18.3.